The molecule has 7 heteroatoms. The molecule has 0 radical (unpaired) electrons. The van der Waals surface area contributed by atoms with Crippen molar-refractivity contribution in [3.05, 3.63) is 49.1 Å². The summed E-state index contributed by atoms with van der Waals surface area (Å²) < 4.78 is 1.62. The fraction of sp³-hybridized carbons (Fsp3) is 0.0769. The minimum Gasteiger partial charge on any atom is -0.372 e. The minimum atomic E-state index is -0.233. The van der Waals surface area contributed by atoms with Gasteiger partial charge in [-0.25, -0.2) is 4.98 Å². The highest BCUT2D eigenvalue weighted by Crippen LogP contribution is 2.24. The number of pyridine rings is 1. The zero-order valence-electron chi connectivity index (χ0n) is 10.4. The number of benzene rings is 1. The number of amides is 1. The molecular weight excluding hydrogens is 456 g/mol. The van der Waals surface area contributed by atoms with E-state index in [1.54, 1.807) is 37.5 Å². The number of anilines is 2. The van der Waals surface area contributed by atoms with Gasteiger partial charge in [0.1, 0.15) is 5.82 Å². The number of nitrogens with zero attached hydrogens (tertiary/aromatic N) is 1. The molecule has 0 bridgehead atoms. The first-order valence-electron chi connectivity index (χ1n) is 5.61. The standard InChI is InChI=1S/C13H10BrClIN3O/c1-17-12-9(4-7(14)6-18-12)13(20)19-11-3-2-8(15)5-10(11)16/h2-6H,1H3,(H,17,18)(H,19,20). The summed E-state index contributed by atoms with van der Waals surface area (Å²) in [4.78, 5) is 16.5. The van der Waals surface area contributed by atoms with Gasteiger partial charge in [0, 0.05) is 26.3 Å². The molecule has 0 saturated heterocycles. The van der Waals surface area contributed by atoms with Gasteiger partial charge in [0.05, 0.1) is 11.3 Å². The first-order valence-corrected chi connectivity index (χ1v) is 7.86. The average Bonchev–Trinajstić information content (AvgIpc) is 2.41. The maximum absolute atomic E-state index is 12.3. The predicted molar refractivity (Wildman–Crippen MR) is 93.6 cm³/mol. The Morgan fingerprint density at radius 2 is 2.15 bits per heavy atom. The Kier molecular flexibility index (Phi) is 5.22. The molecule has 4 nitrogen and oxygen atoms in total. The summed E-state index contributed by atoms with van der Waals surface area (Å²) in [5, 5.41) is 6.38. The van der Waals surface area contributed by atoms with Crippen LogP contribution < -0.4 is 10.6 Å². The molecule has 0 aliphatic heterocycles. The lowest BCUT2D eigenvalue weighted by atomic mass is 10.2. The third-order valence-corrected chi connectivity index (χ3v) is 4.08. The van der Waals surface area contributed by atoms with Crippen LogP contribution in [0.15, 0.2) is 34.9 Å². The van der Waals surface area contributed by atoms with Gasteiger partial charge in [-0.2, -0.15) is 0 Å². The van der Waals surface area contributed by atoms with Gasteiger partial charge < -0.3 is 10.6 Å². The van der Waals surface area contributed by atoms with Crippen LogP contribution in [-0.2, 0) is 0 Å². The second-order valence-electron chi connectivity index (χ2n) is 3.88. The Bertz CT molecular complexity index is 666. The van der Waals surface area contributed by atoms with E-state index >= 15 is 0 Å². The molecule has 20 heavy (non-hydrogen) atoms. The van der Waals surface area contributed by atoms with Gasteiger partial charge in [0.15, 0.2) is 0 Å². The smallest absolute Gasteiger partial charge is 0.259 e. The number of halogens is 3. The number of aromatic nitrogens is 1. The van der Waals surface area contributed by atoms with Gasteiger partial charge in [-0.15, -0.1) is 0 Å². The van der Waals surface area contributed by atoms with E-state index in [2.05, 4.69) is 54.1 Å². The molecule has 1 amide bonds. The zero-order valence-corrected chi connectivity index (χ0v) is 14.9. The molecule has 1 aromatic heterocycles. The summed E-state index contributed by atoms with van der Waals surface area (Å²) in [5.74, 6) is 0.290. The summed E-state index contributed by atoms with van der Waals surface area (Å²) in [5.41, 5.74) is 1.18. The Hall–Kier alpha value is -0.860. The first kappa shape index (κ1) is 15.5. The largest absolute Gasteiger partial charge is 0.372 e. The topological polar surface area (TPSA) is 54.0 Å². The third-order valence-electron chi connectivity index (χ3n) is 2.52. The lowest BCUT2D eigenvalue weighted by molar-refractivity contribution is 0.102. The van der Waals surface area contributed by atoms with Crippen LogP contribution in [0.5, 0.6) is 0 Å². The maximum Gasteiger partial charge on any atom is 0.259 e. The van der Waals surface area contributed by atoms with Crippen molar-refractivity contribution in [3.63, 3.8) is 0 Å². The van der Waals surface area contributed by atoms with Gasteiger partial charge in [-0.3, -0.25) is 4.79 Å². The van der Waals surface area contributed by atoms with Crippen molar-refractivity contribution in [2.24, 2.45) is 0 Å². The lowest BCUT2D eigenvalue weighted by Crippen LogP contribution is -2.15. The molecule has 104 valence electrons. The van der Waals surface area contributed by atoms with Crippen LogP contribution >= 0.6 is 50.1 Å². The van der Waals surface area contributed by atoms with Crippen LogP contribution in [0.3, 0.4) is 0 Å². The van der Waals surface area contributed by atoms with Gasteiger partial charge >= 0.3 is 0 Å². The molecule has 0 aliphatic carbocycles. The summed E-state index contributed by atoms with van der Waals surface area (Å²) in [7, 11) is 1.72. The third kappa shape index (κ3) is 3.62. The van der Waals surface area contributed by atoms with Crippen LogP contribution in [0.1, 0.15) is 10.4 Å². The van der Waals surface area contributed by atoms with E-state index < -0.39 is 0 Å². The van der Waals surface area contributed by atoms with Crippen molar-refractivity contribution in [3.8, 4) is 0 Å². The average molecular weight is 467 g/mol. The quantitative estimate of drug-likeness (QED) is 0.660. The molecule has 0 fully saturated rings. The molecule has 0 aliphatic rings. The molecule has 2 rings (SSSR count). The molecule has 1 aromatic carbocycles. The Morgan fingerprint density at radius 3 is 2.80 bits per heavy atom. The van der Waals surface area contributed by atoms with Crippen molar-refractivity contribution < 1.29 is 4.79 Å². The SMILES string of the molecule is CNc1ncc(Br)cc1C(=O)Nc1ccc(Cl)cc1I. The van der Waals surface area contributed by atoms with E-state index in [0.717, 1.165) is 8.04 Å². The second kappa shape index (κ2) is 6.73. The fourth-order valence-electron chi connectivity index (χ4n) is 1.59. The van der Waals surface area contributed by atoms with E-state index in [0.29, 0.717) is 22.1 Å². The summed E-state index contributed by atoms with van der Waals surface area (Å²) >= 11 is 11.3. The van der Waals surface area contributed by atoms with Crippen molar-refractivity contribution in [2.75, 3.05) is 17.7 Å². The maximum atomic E-state index is 12.3. The van der Waals surface area contributed by atoms with Gasteiger partial charge in [0.2, 0.25) is 0 Å². The Morgan fingerprint density at radius 1 is 1.40 bits per heavy atom. The number of nitrogens with one attached hydrogen (secondary N) is 2. The number of carbonyl (C=O) groups excluding carboxylic acids is 1. The number of hydrogen-bond acceptors (Lipinski definition) is 3. The van der Waals surface area contributed by atoms with E-state index in [1.807, 2.05) is 0 Å². The van der Waals surface area contributed by atoms with Crippen LogP contribution in [0.2, 0.25) is 5.02 Å². The first-order chi connectivity index (χ1) is 9.51. The van der Waals surface area contributed by atoms with E-state index in [-0.39, 0.29) is 5.91 Å². The van der Waals surface area contributed by atoms with E-state index in [9.17, 15) is 4.79 Å². The predicted octanol–water partition coefficient (Wildman–Crippen LogP) is 4.40. The molecule has 0 spiro atoms. The zero-order chi connectivity index (χ0) is 14.7. The molecule has 1 heterocycles. The van der Waals surface area contributed by atoms with Crippen molar-refractivity contribution in [1.82, 2.24) is 4.98 Å². The lowest BCUT2D eigenvalue weighted by Gasteiger charge is -2.11. The molecular formula is C13H10BrClIN3O. The highest BCUT2D eigenvalue weighted by atomic mass is 127. The van der Waals surface area contributed by atoms with Crippen LogP contribution in [0, 0.1) is 3.57 Å². The van der Waals surface area contributed by atoms with Gasteiger partial charge in [-0.05, 0) is 62.8 Å². The van der Waals surface area contributed by atoms with Gasteiger partial charge in [-0.1, -0.05) is 11.6 Å². The number of rotatable bonds is 3. The molecule has 0 atom stereocenters. The highest BCUT2D eigenvalue weighted by Gasteiger charge is 2.14. The number of hydrogen-bond donors (Lipinski definition) is 2. The minimum absolute atomic E-state index is 0.233. The van der Waals surface area contributed by atoms with Crippen molar-refractivity contribution >= 4 is 67.5 Å². The van der Waals surface area contributed by atoms with Crippen molar-refractivity contribution in [2.45, 2.75) is 0 Å². The normalized spacial score (nSPS) is 10.2. The molecule has 0 unspecified atom stereocenters. The second-order valence-corrected chi connectivity index (χ2v) is 6.39. The van der Waals surface area contributed by atoms with Crippen LogP contribution in [0.25, 0.3) is 0 Å². The summed E-state index contributed by atoms with van der Waals surface area (Å²) in [6.45, 7) is 0. The van der Waals surface area contributed by atoms with E-state index in [4.69, 9.17) is 11.6 Å². The van der Waals surface area contributed by atoms with Gasteiger partial charge in [0.25, 0.3) is 5.91 Å². The monoisotopic (exact) mass is 465 g/mol. The number of carbonyl (C=O) groups is 1. The fourth-order valence-corrected chi connectivity index (χ4v) is 2.93. The Balaban J connectivity index is 2.30. The van der Waals surface area contributed by atoms with Crippen molar-refractivity contribution in [1.29, 1.82) is 0 Å². The molecule has 2 aromatic rings. The molecule has 2 N–H and O–H groups in total. The van der Waals surface area contributed by atoms with Crippen LogP contribution in [0.4, 0.5) is 11.5 Å². The van der Waals surface area contributed by atoms with E-state index in [1.165, 1.54) is 0 Å². The summed E-state index contributed by atoms with van der Waals surface area (Å²) in [6.07, 6.45) is 1.63. The van der Waals surface area contributed by atoms with Crippen LogP contribution in [-0.4, -0.2) is 17.9 Å². The Labute approximate surface area is 143 Å². The summed E-state index contributed by atoms with van der Waals surface area (Å²) in [6, 6.07) is 7.01. The molecule has 0 saturated carbocycles. The highest BCUT2D eigenvalue weighted by molar-refractivity contribution is 14.1.